The number of nitrogens with zero attached hydrogens (tertiary/aromatic N) is 2. The van der Waals surface area contributed by atoms with Crippen LogP contribution >= 0.6 is 0 Å². The zero-order valence-corrected chi connectivity index (χ0v) is 7.32. The molecular formula is C8H13N3O. The van der Waals surface area contributed by atoms with Gasteiger partial charge in [-0.1, -0.05) is 6.92 Å². The third-order valence-corrected chi connectivity index (χ3v) is 1.87. The molecule has 1 heterocycles. The van der Waals surface area contributed by atoms with E-state index in [1.165, 1.54) is 0 Å². The molecule has 1 unspecified atom stereocenters. The van der Waals surface area contributed by atoms with E-state index in [1.807, 2.05) is 6.92 Å². The number of hydrogen-bond donors (Lipinski definition) is 1. The molecule has 0 radical (unpaired) electrons. The van der Waals surface area contributed by atoms with Crippen molar-refractivity contribution in [2.24, 2.45) is 18.7 Å². The third-order valence-electron chi connectivity index (χ3n) is 1.87. The highest BCUT2D eigenvalue weighted by Gasteiger charge is 2.15. The summed E-state index contributed by atoms with van der Waals surface area (Å²) in [6, 6.07) is 1.70. The first kappa shape index (κ1) is 8.93. The fourth-order valence-electron chi connectivity index (χ4n) is 0.975. The van der Waals surface area contributed by atoms with Gasteiger partial charge in [-0.2, -0.15) is 5.10 Å². The summed E-state index contributed by atoms with van der Waals surface area (Å²) in [6.07, 6.45) is 1.61. The van der Waals surface area contributed by atoms with Crippen molar-refractivity contribution in [2.45, 2.75) is 6.92 Å². The van der Waals surface area contributed by atoms with Crippen LogP contribution in [-0.4, -0.2) is 22.1 Å². The fraction of sp³-hybridized carbons (Fsp3) is 0.500. The van der Waals surface area contributed by atoms with Gasteiger partial charge < -0.3 is 5.73 Å². The number of rotatable bonds is 3. The highest BCUT2D eigenvalue weighted by Crippen LogP contribution is 2.05. The van der Waals surface area contributed by atoms with Crippen LogP contribution in [0.25, 0.3) is 0 Å². The standard InChI is InChI=1S/C8H13N3O/c1-6(5-9)8(12)7-3-4-10-11(7)2/h3-4,6H,5,9H2,1-2H3. The van der Waals surface area contributed by atoms with E-state index >= 15 is 0 Å². The second-order valence-corrected chi connectivity index (χ2v) is 2.84. The summed E-state index contributed by atoms with van der Waals surface area (Å²) in [5, 5.41) is 3.91. The molecule has 4 heteroatoms. The summed E-state index contributed by atoms with van der Waals surface area (Å²) in [5.74, 6) is -0.0714. The van der Waals surface area contributed by atoms with E-state index < -0.39 is 0 Å². The molecule has 4 nitrogen and oxygen atoms in total. The maximum absolute atomic E-state index is 11.5. The van der Waals surface area contributed by atoms with Gasteiger partial charge in [-0.25, -0.2) is 0 Å². The minimum Gasteiger partial charge on any atom is -0.330 e. The molecular weight excluding hydrogens is 154 g/mol. The van der Waals surface area contributed by atoms with Gasteiger partial charge in [-0.15, -0.1) is 0 Å². The maximum Gasteiger partial charge on any atom is 0.184 e. The van der Waals surface area contributed by atoms with Crippen molar-refractivity contribution >= 4 is 5.78 Å². The number of ketones is 1. The number of carbonyl (C=O) groups excluding carboxylic acids is 1. The molecule has 0 saturated heterocycles. The summed E-state index contributed by atoms with van der Waals surface area (Å²) in [7, 11) is 1.75. The zero-order valence-electron chi connectivity index (χ0n) is 7.32. The molecule has 1 atom stereocenters. The van der Waals surface area contributed by atoms with Crippen molar-refractivity contribution in [3.8, 4) is 0 Å². The van der Waals surface area contributed by atoms with Crippen molar-refractivity contribution in [1.29, 1.82) is 0 Å². The summed E-state index contributed by atoms with van der Waals surface area (Å²) < 4.78 is 1.56. The van der Waals surface area contributed by atoms with Gasteiger partial charge in [0.2, 0.25) is 0 Å². The van der Waals surface area contributed by atoms with E-state index in [4.69, 9.17) is 5.73 Å². The summed E-state index contributed by atoms with van der Waals surface area (Å²) >= 11 is 0. The van der Waals surface area contributed by atoms with Gasteiger partial charge in [0.25, 0.3) is 0 Å². The van der Waals surface area contributed by atoms with E-state index in [-0.39, 0.29) is 11.7 Å². The monoisotopic (exact) mass is 167 g/mol. The number of Topliss-reactive ketones (excluding diaryl/α,β-unsaturated/α-hetero) is 1. The molecule has 0 saturated carbocycles. The Labute approximate surface area is 71.4 Å². The quantitative estimate of drug-likeness (QED) is 0.654. The first-order valence-corrected chi connectivity index (χ1v) is 3.89. The fourth-order valence-corrected chi connectivity index (χ4v) is 0.975. The summed E-state index contributed by atoms with van der Waals surface area (Å²) in [6.45, 7) is 2.19. The van der Waals surface area contributed by atoms with E-state index in [2.05, 4.69) is 5.10 Å². The van der Waals surface area contributed by atoms with Crippen LogP contribution < -0.4 is 5.73 Å². The summed E-state index contributed by atoms with van der Waals surface area (Å²) in [5.41, 5.74) is 6.00. The predicted octanol–water partition coefficient (Wildman–Crippen LogP) is 0.198. The molecule has 0 fully saturated rings. The van der Waals surface area contributed by atoms with Crippen LogP contribution in [0.5, 0.6) is 0 Å². The molecule has 0 aliphatic carbocycles. The van der Waals surface area contributed by atoms with Crippen LogP contribution in [0.2, 0.25) is 0 Å². The Bertz CT molecular complexity index is 280. The smallest absolute Gasteiger partial charge is 0.184 e. The molecule has 1 aromatic rings. The first-order valence-electron chi connectivity index (χ1n) is 3.89. The van der Waals surface area contributed by atoms with Crippen molar-refractivity contribution in [3.05, 3.63) is 18.0 Å². The molecule has 66 valence electrons. The molecule has 0 amide bonds. The van der Waals surface area contributed by atoms with E-state index in [9.17, 15) is 4.79 Å². The van der Waals surface area contributed by atoms with Crippen LogP contribution in [0.15, 0.2) is 12.3 Å². The molecule has 2 N–H and O–H groups in total. The Morgan fingerprint density at radius 3 is 2.92 bits per heavy atom. The molecule has 0 bridgehead atoms. The van der Waals surface area contributed by atoms with Crippen LogP contribution in [-0.2, 0) is 7.05 Å². The molecule has 1 aromatic heterocycles. The minimum absolute atomic E-state index is 0.0532. The van der Waals surface area contributed by atoms with Crippen molar-refractivity contribution < 1.29 is 4.79 Å². The van der Waals surface area contributed by atoms with Gasteiger partial charge >= 0.3 is 0 Å². The van der Waals surface area contributed by atoms with Gasteiger partial charge in [0, 0.05) is 25.7 Å². The van der Waals surface area contributed by atoms with Crippen molar-refractivity contribution in [2.75, 3.05) is 6.54 Å². The number of aromatic nitrogens is 2. The Balaban J connectivity index is 2.85. The average molecular weight is 167 g/mol. The maximum atomic E-state index is 11.5. The summed E-state index contributed by atoms with van der Waals surface area (Å²) in [4.78, 5) is 11.5. The lowest BCUT2D eigenvalue weighted by Crippen LogP contribution is -2.22. The molecule has 0 aliphatic heterocycles. The minimum atomic E-state index is -0.125. The van der Waals surface area contributed by atoms with Crippen LogP contribution in [0.4, 0.5) is 0 Å². The molecule has 0 spiro atoms. The highest BCUT2D eigenvalue weighted by molar-refractivity contribution is 5.96. The number of aryl methyl sites for hydroxylation is 1. The Morgan fingerprint density at radius 2 is 2.50 bits per heavy atom. The number of nitrogens with two attached hydrogens (primary N) is 1. The van der Waals surface area contributed by atoms with Gasteiger partial charge in [-0.3, -0.25) is 9.48 Å². The van der Waals surface area contributed by atoms with Crippen LogP contribution in [0, 0.1) is 5.92 Å². The lowest BCUT2D eigenvalue weighted by Gasteiger charge is -2.06. The Morgan fingerprint density at radius 1 is 1.83 bits per heavy atom. The highest BCUT2D eigenvalue weighted by atomic mass is 16.1. The largest absolute Gasteiger partial charge is 0.330 e. The normalized spacial score (nSPS) is 12.9. The van der Waals surface area contributed by atoms with Gasteiger partial charge in [0.05, 0.1) is 0 Å². The molecule has 12 heavy (non-hydrogen) atoms. The Hall–Kier alpha value is -1.16. The lowest BCUT2D eigenvalue weighted by molar-refractivity contribution is 0.0924. The second kappa shape index (κ2) is 3.49. The lowest BCUT2D eigenvalue weighted by atomic mass is 10.0. The second-order valence-electron chi connectivity index (χ2n) is 2.84. The SMILES string of the molecule is CC(CN)C(=O)c1ccnn1C. The third kappa shape index (κ3) is 1.53. The van der Waals surface area contributed by atoms with E-state index in [0.717, 1.165) is 0 Å². The molecule has 0 aromatic carbocycles. The van der Waals surface area contributed by atoms with Gasteiger partial charge in [0.1, 0.15) is 5.69 Å². The first-order chi connectivity index (χ1) is 5.66. The van der Waals surface area contributed by atoms with Gasteiger partial charge in [0.15, 0.2) is 5.78 Å². The number of hydrogen-bond acceptors (Lipinski definition) is 3. The molecule has 1 rings (SSSR count). The topological polar surface area (TPSA) is 60.9 Å². The van der Waals surface area contributed by atoms with Crippen molar-refractivity contribution in [1.82, 2.24) is 9.78 Å². The van der Waals surface area contributed by atoms with Gasteiger partial charge in [-0.05, 0) is 6.07 Å². The zero-order chi connectivity index (χ0) is 9.14. The van der Waals surface area contributed by atoms with Crippen LogP contribution in [0.1, 0.15) is 17.4 Å². The molecule has 0 aliphatic rings. The van der Waals surface area contributed by atoms with E-state index in [1.54, 1.807) is 24.0 Å². The average Bonchev–Trinajstić information content (AvgIpc) is 2.48. The van der Waals surface area contributed by atoms with Crippen molar-refractivity contribution in [3.63, 3.8) is 0 Å². The predicted molar refractivity (Wildman–Crippen MR) is 45.8 cm³/mol. The Kier molecular flexibility index (Phi) is 2.60. The number of carbonyl (C=O) groups is 1. The van der Waals surface area contributed by atoms with E-state index in [0.29, 0.717) is 12.2 Å². The van der Waals surface area contributed by atoms with Crippen LogP contribution in [0.3, 0.4) is 0 Å².